The molecule has 2 aromatic rings. The Hall–Kier alpha value is -3.20. The van der Waals surface area contributed by atoms with Crippen molar-refractivity contribution < 1.29 is 13.6 Å². The summed E-state index contributed by atoms with van der Waals surface area (Å²) in [7, 11) is 0. The second-order valence-electron chi connectivity index (χ2n) is 5.73. The van der Waals surface area contributed by atoms with E-state index in [1.54, 1.807) is 13.0 Å². The van der Waals surface area contributed by atoms with Crippen molar-refractivity contribution in [2.24, 2.45) is 0 Å². The number of aryl methyl sites for hydroxylation is 1. The van der Waals surface area contributed by atoms with E-state index in [0.717, 1.165) is 36.4 Å². The predicted octanol–water partition coefficient (Wildman–Crippen LogP) is 4.22. The third-order valence-corrected chi connectivity index (χ3v) is 3.90. The lowest BCUT2D eigenvalue weighted by molar-refractivity contribution is -0.117. The lowest BCUT2D eigenvalue weighted by Crippen LogP contribution is -2.28. The number of amides is 1. The standard InChI is InChI=1S/C20H19F2N3O/c1-3-14-4-6-15(7-5-14)13(2)25-20(26)16(11-23)12-24-19-10-17(21)8-9-18(19)22/h4-10,12-13,24H,3H2,1-2H3,(H,25,26)/b16-12-. The maximum absolute atomic E-state index is 13.6. The van der Waals surface area contributed by atoms with Gasteiger partial charge in [-0.15, -0.1) is 0 Å². The Morgan fingerprint density at radius 1 is 1.23 bits per heavy atom. The fraction of sp³-hybridized carbons (Fsp3) is 0.200. The number of halogens is 2. The van der Waals surface area contributed by atoms with Crippen LogP contribution in [0.4, 0.5) is 14.5 Å². The molecule has 26 heavy (non-hydrogen) atoms. The highest BCUT2D eigenvalue weighted by molar-refractivity contribution is 5.97. The highest BCUT2D eigenvalue weighted by Crippen LogP contribution is 2.17. The molecule has 0 saturated heterocycles. The van der Waals surface area contributed by atoms with Crippen molar-refractivity contribution >= 4 is 11.6 Å². The topological polar surface area (TPSA) is 64.9 Å². The Kier molecular flexibility index (Phi) is 6.45. The van der Waals surface area contributed by atoms with Gasteiger partial charge in [0.25, 0.3) is 5.91 Å². The first-order valence-electron chi connectivity index (χ1n) is 8.16. The molecular formula is C20H19F2N3O. The van der Waals surface area contributed by atoms with E-state index in [2.05, 4.69) is 17.6 Å². The van der Waals surface area contributed by atoms with E-state index in [0.29, 0.717) is 0 Å². The van der Waals surface area contributed by atoms with Gasteiger partial charge in [-0.1, -0.05) is 31.2 Å². The van der Waals surface area contributed by atoms with Gasteiger partial charge in [-0.25, -0.2) is 8.78 Å². The molecular weight excluding hydrogens is 336 g/mol. The summed E-state index contributed by atoms with van der Waals surface area (Å²) in [5.74, 6) is -1.93. The number of nitriles is 1. The summed E-state index contributed by atoms with van der Waals surface area (Å²) in [6.07, 6.45) is 1.98. The van der Waals surface area contributed by atoms with Crippen LogP contribution in [0.25, 0.3) is 0 Å². The molecule has 134 valence electrons. The molecule has 0 spiro atoms. The minimum absolute atomic E-state index is 0.159. The summed E-state index contributed by atoms with van der Waals surface area (Å²) in [5, 5.41) is 14.3. The molecule has 2 aromatic carbocycles. The Balaban J connectivity index is 2.07. The Morgan fingerprint density at radius 2 is 1.92 bits per heavy atom. The van der Waals surface area contributed by atoms with Gasteiger partial charge in [-0.3, -0.25) is 4.79 Å². The zero-order valence-electron chi connectivity index (χ0n) is 14.5. The molecule has 0 heterocycles. The van der Waals surface area contributed by atoms with Crippen LogP contribution >= 0.6 is 0 Å². The number of carbonyl (C=O) groups excluding carboxylic acids is 1. The van der Waals surface area contributed by atoms with E-state index in [1.807, 2.05) is 24.3 Å². The summed E-state index contributed by atoms with van der Waals surface area (Å²) in [4.78, 5) is 12.2. The normalized spacial score (nSPS) is 12.2. The Morgan fingerprint density at radius 3 is 2.54 bits per heavy atom. The first-order valence-corrected chi connectivity index (χ1v) is 8.16. The summed E-state index contributed by atoms with van der Waals surface area (Å²) < 4.78 is 26.7. The molecule has 0 aliphatic carbocycles. The van der Waals surface area contributed by atoms with Crippen LogP contribution in [0, 0.1) is 23.0 Å². The molecule has 0 fully saturated rings. The van der Waals surface area contributed by atoms with Crippen LogP contribution in [0.2, 0.25) is 0 Å². The van der Waals surface area contributed by atoms with Crippen molar-refractivity contribution in [2.45, 2.75) is 26.3 Å². The quantitative estimate of drug-likeness (QED) is 0.602. The van der Waals surface area contributed by atoms with Crippen LogP contribution in [0.1, 0.15) is 31.0 Å². The molecule has 0 aromatic heterocycles. The molecule has 1 unspecified atom stereocenters. The SMILES string of the molecule is CCc1ccc(C(C)NC(=O)/C(C#N)=C\Nc2cc(F)ccc2F)cc1. The van der Waals surface area contributed by atoms with Crippen LogP contribution in [0.5, 0.6) is 0 Å². The molecule has 0 bridgehead atoms. The molecule has 1 atom stereocenters. The summed E-state index contributed by atoms with van der Waals surface area (Å²) in [5.41, 5.74) is 1.68. The monoisotopic (exact) mass is 355 g/mol. The van der Waals surface area contributed by atoms with Crippen LogP contribution < -0.4 is 10.6 Å². The third kappa shape index (κ3) is 4.90. The van der Waals surface area contributed by atoms with Gasteiger partial charge in [-0.05, 0) is 36.6 Å². The number of hydrogen-bond acceptors (Lipinski definition) is 3. The molecule has 1 amide bonds. The van der Waals surface area contributed by atoms with Gasteiger partial charge in [0.2, 0.25) is 0 Å². The molecule has 0 aliphatic heterocycles. The maximum atomic E-state index is 13.6. The Labute approximate surface area is 151 Å². The van der Waals surface area contributed by atoms with Crippen molar-refractivity contribution in [3.05, 3.63) is 77.0 Å². The summed E-state index contributed by atoms with van der Waals surface area (Å²) in [6, 6.07) is 12.1. The van der Waals surface area contributed by atoms with E-state index in [9.17, 15) is 13.6 Å². The van der Waals surface area contributed by atoms with Gasteiger partial charge in [-0.2, -0.15) is 5.26 Å². The molecule has 0 saturated carbocycles. The highest BCUT2D eigenvalue weighted by Gasteiger charge is 2.14. The number of hydrogen-bond donors (Lipinski definition) is 2. The lowest BCUT2D eigenvalue weighted by Gasteiger charge is -2.14. The largest absolute Gasteiger partial charge is 0.358 e. The summed E-state index contributed by atoms with van der Waals surface area (Å²) >= 11 is 0. The number of rotatable bonds is 6. The van der Waals surface area contributed by atoms with Crippen molar-refractivity contribution in [1.29, 1.82) is 5.26 Å². The van der Waals surface area contributed by atoms with Crippen molar-refractivity contribution in [1.82, 2.24) is 5.32 Å². The number of nitrogens with zero attached hydrogens (tertiary/aromatic N) is 1. The molecule has 0 radical (unpaired) electrons. The number of benzene rings is 2. The lowest BCUT2D eigenvalue weighted by atomic mass is 10.0. The van der Waals surface area contributed by atoms with Crippen LogP contribution in [0.3, 0.4) is 0 Å². The van der Waals surface area contributed by atoms with E-state index in [4.69, 9.17) is 5.26 Å². The van der Waals surface area contributed by atoms with Crippen molar-refractivity contribution in [3.63, 3.8) is 0 Å². The van der Waals surface area contributed by atoms with Gasteiger partial charge < -0.3 is 10.6 Å². The van der Waals surface area contributed by atoms with Gasteiger partial charge >= 0.3 is 0 Å². The second kappa shape index (κ2) is 8.77. The number of carbonyl (C=O) groups is 1. The molecule has 0 aliphatic rings. The smallest absolute Gasteiger partial charge is 0.263 e. The zero-order chi connectivity index (χ0) is 19.1. The van der Waals surface area contributed by atoms with Crippen LogP contribution in [-0.4, -0.2) is 5.91 Å². The molecule has 2 N–H and O–H groups in total. The minimum atomic E-state index is -0.690. The van der Waals surface area contributed by atoms with Gasteiger partial charge in [0.15, 0.2) is 0 Å². The average molecular weight is 355 g/mol. The first-order chi connectivity index (χ1) is 12.4. The zero-order valence-corrected chi connectivity index (χ0v) is 14.5. The van der Waals surface area contributed by atoms with Crippen LogP contribution in [-0.2, 0) is 11.2 Å². The fourth-order valence-corrected chi connectivity index (χ4v) is 2.31. The third-order valence-electron chi connectivity index (χ3n) is 3.90. The van der Waals surface area contributed by atoms with Crippen molar-refractivity contribution in [3.8, 4) is 6.07 Å². The molecule has 6 heteroatoms. The second-order valence-corrected chi connectivity index (χ2v) is 5.73. The van der Waals surface area contributed by atoms with Gasteiger partial charge in [0.1, 0.15) is 23.3 Å². The van der Waals surface area contributed by atoms with E-state index in [-0.39, 0.29) is 17.3 Å². The molecule has 2 rings (SSSR count). The van der Waals surface area contributed by atoms with Crippen LogP contribution in [0.15, 0.2) is 54.2 Å². The maximum Gasteiger partial charge on any atom is 0.263 e. The fourth-order valence-electron chi connectivity index (χ4n) is 2.31. The van der Waals surface area contributed by atoms with Gasteiger partial charge in [0.05, 0.1) is 11.7 Å². The predicted molar refractivity (Wildman–Crippen MR) is 96.1 cm³/mol. The van der Waals surface area contributed by atoms with Crippen molar-refractivity contribution in [2.75, 3.05) is 5.32 Å². The van der Waals surface area contributed by atoms with E-state index < -0.39 is 17.5 Å². The Bertz CT molecular complexity index is 854. The van der Waals surface area contributed by atoms with Gasteiger partial charge in [0, 0.05) is 12.3 Å². The first kappa shape index (κ1) is 19.1. The highest BCUT2D eigenvalue weighted by atomic mass is 19.1. The number of anilines is 1. The molecule has 4 nitrogen and oxygen atoms in total. The minimum Gasteiger partial charge on any atom is -0.358 e. The van der Waals surface area contributed by atoms with E-state index >= 15 is 0 Å². The number of nitrogens with one attached hydrogen (secondary N) is 2. The summed E-state index contributed by atoms with van der Waals surface area (Å²) in [6.45, 7) is 3.85. The average Bonchev–Trinajstić information content (AvgIpc) is 2.64. The van der Waals surface area contributed by atoms with E-state index in [1.165, 1.54) is 5.56 Å².